The maximum Gasteiger partial charge on any atom is 0.407 e. The molecule has 4 aliphatic rings. The second-order valence-electron chi connectivity index (χ2n) is 19.9. The zero-order chi connectivity index (χ0) is 49.8. The molecule has 2 saturated heterocycles. The van der Waals surface area contributed by atoms with Gasteiger partial charge in [0.1, 0.15) is 35.0 Å². The number of nitrogens with one attached hydrogen (secondary N) is 4. The van der Waals surface area contributed by atoms with E-state index in [9.17, 15) is 19.5 Å². The summed E-state index contributed by atoms with van der Waals surface area (Å²) < 4.78 is 42.0. The molecule has 374 valence electrons. The van der Waals surface area contributed by atoms with Crippen LogP contribution in [0.3, 0.4) is 0 Å². The van der Waals surface area contributed by atoms with Crippen LogP contribution in [-0.2, 0) is 25.5 Å². The molecule has 0 radical (unpaired) electrons. The number of rotatable bonds is 13. The number of aliphatic hydroxyl groups is 1. The number of aromatic amines is 2. The van der Waals surface area contributed by atoms with Crippen LogP contribution >= 0.6 is 0 Å². The van der Waals surface area contributed by atoms with E-state index in [-0.39, 0.29) is 41.8 Å². The number of carbonyl (C=O) groups is 3. The lowest BCUT2D eigenvalue weighted by atomic mass is 9.98. The van der Waals surface area contributed by atoms with Crippen molar-refractivity contribution in [3.05, 3.63) is 95.6 Å². The molecule has 3 aromatic heterocycles. The Morgan fingerprint density at radius 1 is 0.803 bits per heavy atom. The molecule has 2 unspecified atom stereocenters. The van der Waals surface area contributed by atoms with E-state index in [2.05, 4.69) is 44.2 Å². The predicted octanol–water partition coefficient (Wildman–Crippen LogP) is 8.12. The molecule has 3 amide bonds. The number of benzene rings is 3. The smallest absolute Gasteiger partial charge is 0.407 e. The first kappa shape index (κ1) is 47.9. The van der Waals surface area contributed by atoms with Gasteiger partial charge >= 0.3 is 6.09 Å². The lowest BCUT2D eigenvalue weighted by Gasteiger charge is -2.32. The number of hydrogen-bond acceptors (Lipinski definition) is 11. The lowest BCUT2D eigenvalue weighted by molar-refractivity contribution is -0.145. The fraction of sp³-hybridized carbons (Fsp3) is 0.453. The molecule has 7 heterocycles. The molecule has 3 aromatic carbocycles. The van der Waals surface area contributed by atoms with Crippen LogP contribution in [0, 0.1) is 17.7 Å². The first-order chi connectivity index (χ1) is 34.2. The first-order valence-corrected chi connectivity index (χ1v) is 24.7. The van der Waals surface area contributed by atoms with Crippen LogP contribution in [0.15, 0.2) is 67.0 Å². The summed E-state index contributed by atoms with van der Waals surface area (Å²) >= 11 is 0. The van der Waals surface area contributed by atoms with E-state index in [0.717, 1.165) is 71.1 Å². The Bertz CT molecular complexity index is 2980. The number of halogens is 1. The molecule has 0 bridgehead atoms. The number of methoxy groups -OCH3 is 2. The number of amides is 3. The molecule has 0 saturated carbocycles. The number of nitrogens with zero attached hydrogens (tertiary/aromatic N) is 5. The second-order valence-corrected chi connectivity index (χ2v) is 19.9. The van der Waals surface area contributed by atoms with Gasteiger partial charge in [-0.05, 0) is 111 Å². The van der Waals surface area contributed by atoms with E-state index < -0.39 is 36.6 Å². The highest BCUT2D eigenvalue weighted by Gasteiger charge is 2.40. The zero-order valence-corrected chi connectivity index (χ0v) is 41.1. The van der Waals surface area contributed by atoms with Crippen LogP contribution in [0.5, 0.6) is 11.5 Å². The molecule has 17 nitrogen and oxygen atoms in total. The van der Waals surface area contributed by atoms with Crippen molar-refractivity contribution in [2.45, 2.75) is 116 Å². The minimum Gasteiger partial charge on any atom is -0.490 e. The van der Waals surface area contributed by atoms with Gasteiger partial charge in [-0.2, -0.15) is 0 Å². The number of carbonyl (C=O) groups excluding carboxylic acids is 3. The summed E-state index contributed by atoms with van der Waals surface area (Å²) in [6.45, 7) is 10.7. The maximum absolute atomic E-state index is 17.0. The van der Waals surface area contributed by atoms with E-state index >= 15 is 4.39 Å². The average Bonchev–Trinajstić information content (AvgIpc) is 4.23. The number of likely N-dealkylation sites (tertiary alicyclic amines) is 2. The van der Waals surface area contributed by atoms with Crippen molar-refractivity contribution in [2.75, 3.05) is 27.3 Å². The third-order valence-corrected chi connectivity index (χ3v) is 14.5. The Morgan fingerprint density at radius 2 is 1.46 bits per heavy atom. The van der Waals surface area contributed by atoms with Gasteiger partial charge in [-0.25, -0.2) is 19.2 Å². The highest BCUT2D eigenvalue weighted by atomic mass is 19.1. The normalized spacial score (nSPS) is 20.8. The quantitative estimate of drug-likeness (QED) is 0.0700. The number of ether oxygens (including phenoxy) is 4. The van der Waals surface area contributed by atoms with Crippen molar-refractivity contribution in [1.82, 2.24) is 44.9 Å². The summed E-state index contributed by atoms with van der Waals surface area (Å²) in [6, 6.07) is 15.5. The lowest BCUT2D eigenvalue weighted by Crippen LogP contribution is -2.52. The molecule has 4 aliphatic heterocycles. The van der Waals surface area contributed by atoms with Gasteiger partial charge < -0.3 is 53.7 Å². The number of alkyl carbamates (subject to hydrolysis) is 1. The Morgan fingerprint density at radius 3 is 2.11 bits per heavy atom. The predicted molar refractivity (Wildman–Crippen MR) is 262 cm³/mol. The fourth-order valence-electron chi connectivity index (χ4n) is 10.8. The number of aliphatic hydroxyl groups excluding tert-OH is 1. The van der Waals surface area contributed by atoms with Crippen LogP contribution in [-0.4, -0.2) is 109 Å². The van der Waals surface area contributed by atoms with Gasteiger partial charge in [0.25, 0.3) is 0 Å². The van der Waals surface area contributed by atoms with Crippen LogP contribution in [0.2, 0.25) is 0 Å². The van der Waals surface area contributed by atoms with E-state index in [1.807, 2.05) is 64.1 Å². The third-order valence-electron chi connectivity index (χ3n) is 14.5. The molecule has 2 fully saturated rings. The van der Waals surface area contributed by atoms with Gasteiger partial charge in [-0.1, -0.05) is 33.8 Å². The molecule has 10 rings (SSSR count). The monoisotopic (exact) mass is 971 g/mol. The van der Waals surface area contributed by atoms with Gasteiger partial charge in [-0.3, -0.25) is 14.9 Å². The van der Waals surface area contributed by atoms with Crippen LogP contribution in [0.1, 0.15) is 108 Å². The SMILES string of the molecule is COC(=O)N[C@H](C(=O)N1CCC[C@H]1c1ncc(-c2ccc3c(c2)cc2n3[C@@H](c3ccc4c(c3)CCC(C)O4)Oc3cc(-c4cnc([C@@H]5CCCN5C(=O)[C@@H](NC(O)OC)C(C)C)[nH]4)cc(F)c3-2)[nH]1)C(C)C. The van der Waals surface area contributed by atoms with Gasteiger partial charge in [-0.15, -0.1) is 0 Å². The molecular weight excluding hydrogens is 910 g/mol. The number of imidazole rings is 2. The van der Waals surface area contributed by atoms with Crippen LogP contribution in [0.4, 0.5) is 9.18 Å². The van der Waals surface area contributed by atoms with Crippen molar-refractivity contribution < 1.29 is 42.8 Å². The third kappa shape index (κ3) is 9.01. The minimum atomic E-state index is -1.29. The van der Waals surface area contributed by atoms with E-state index in [1.165, 1.54) is 20.3 Å². The standard InChI is InChI=1S/C53H62FN9O8/c1-27(2)45(59-52(66)68-6)49(64)61-18-8-10-39(61)47-55-25-36(57-47)30-14-16-38-34(20-30)23-41-44-35(54)22-33(24-43(44)71-51(63(38)41)32-15-17-42-31(21-32)13-12-29(5)70-42)37-26-56-48(58-37)40-11-9-19-62(40)50(65)46(28(3)4)60-53(67)69-7/h14-17,20-29,39-40,45-46,51,53,60,67H,8-13,18-19H2,1-7H3,(H,55,57)(H,56,58)(H,59,66)/t29?,39-,40-,45-,46-,51+,53?/m0/s1. The Labute approximate surface area is 411 Å². The van der Waals surface area contributed by atoms with Gasteiger partial charge in [0.05, 0.1) is 71.9 Å². The molecule has 0 spiro atoms. The first-order valence-electron chi connectivity index (χ1n) is 24.7. The summed E-state index contributed by atoms with van der Waals surface area (Å²) in [5.74, 6) is 1.37. The van der Waals surface area contributed by atoms with E-state index in [1.54, 1.807) is 22.2 Å². The van der Waals surface area contributed by atoms with Crippen LogP contribution < -0.4 is 20.1 Å². The summed E-state index contributed by atoms with van der Waals surface area (Å²) in [5, 5.41) is 16.6. The highest BCUT2D eigenvalue weighted by Crippen LogP contribution is 2.48. The highest BCUT2D eigenvalue weighted by molar-refractivity contribution is 5.93. The molecule has 6 aromatic rings. The number of aromatic nitrogens is 5. The van der Waals surface area contributed by atoms with Gasteiger partial charge in [0.15, 0.2) is 0 Å². The zero-order valence-electron chi connectivity index (χ0n) is 41.1. The fourth-order valence-corrected chi connectivity index (χ4v) is 10.8. The van der Waals surface area contributed by atoms with Crippen LogP contribution in [0.25, 0.3) is 44.7 Å². The summed E-state index contributed by atoms with van der Waals surface area (Å²) in [5.41, 5.74) is 6.53. The van der Waals surface area contributed by atoms with Crippen molar-refractivity contribution in [3.63, 3.8) is 0 Å². The molecular formula is C53H62FN9O8. The molecule has 0 aliphatic carbocycles. The van der Waals surface area contributed by atoms with Crippen molar-refractivity contribution >= 4 is 28.8 Å². The maximum atomic E-state index is 17.0. The molecule has 18 heteroatoms. The molecule has 71 heavy (non-hydrogen) atoms. The number of H-pyrrole nitrogens is 2. The largest absolute Gasteiger partial charge is 0.490 e. The number of aryl methyl sites for hydroxylation is 1. The Kier molecular flexibility index (Phi) is 13.1. The Hall–Kier alpha value is -6.76. The van der Waals surface area contributed by atoms with Crippen molar-refractivity contribution in [3.8, 4) is 45.3 Å². The van der Waals surface area contributed by atoms with Crippen molar-refractivity contribution in [2.24, 2.45) is 11.8 Å². The number of hydrogen-bond donors (Lipinski definition) is 5. The Balaban J connectivity index is 0.984. The number of fused-ring (bicyclic) bond motifs is 6. The van der Waals surface area contributed by atoms with Gasteiger partial charge in [0, 0.05) is 42.3 Å². The van der Waals surface area contributed by atoms with E-state index in [0.29, 0.717) is 59.4 Å². The summed E-state index contributed by atoms with van der Waals surface area (Å²) in [6.07, 6.45) is 5.67. The van der Waals surface area contributed by atoms with Crippen molar-refractivity contribution in [1.29, 1.82) is 0 Å². The second kappa shape index (κ2) is 19.4. The topological polar surface area (TPSA) is 201 Å². The average molecular weight is 972 g/mol. The summed E-state index contributed by atoms with van der Waals surface area (Å²) in [7, 11) is 2.65. The van der Waals surface area contributed by atoms with E-state index in [4.69, 9.17) is 28.9 Å². The molecule has 7 atom stereocenters. The van der Waals surface area contributed by atoms with Gasteiger partial charge in [0.2, 0.25) is 24.5 Å². The minimum absolute atomic E-state index is 0.115. The molecule has 5 N–H and O–H groups in total. The summed E-state index contributed by atoms with van der Waals surface area (Å²) in [4.78, 5) is 59.9.